The Morgan fingerprint density at radius 3 is 2.68 bits per heavy atom. The number of hydrogen-bond donors (Lipinski definition) is 1. The molecule has 100 valence electrons. The maximum absolute atomic E-state index is 13.6. The molecule has 2 rings (SSSR count). The van der Waals surface area contributed by atoms with Crippen LogP contribution >= 0.6 is 27.5 Å². The number of benzene rings is 2. The van der Waals surface area contributed by atoms with Crippen molar-refractivity contribution in [1.29, 1.82) is 0 Å². The number of halogens is 3. The third-order valence-corrected chi connectivity index (χ3v) is 3.49. The monoisotopic (exact) mass is 343 g/mol. The first-order valence-corrected chi connectivity index (χ1v) is 6.78. The number of methoxy groups -OCH3 is 1. The van der Waals surface area contributed by atoms with E-state index in [0.717, 1.165) is 15.8 Å². The molecular formula is C14H12BrClFNO. The fourth-order valence-corrected chi connectivity index (χ4v) is 2.40. The zero-order valence-corrected chi connectivity index (χ0v) is 12.6. The van der Waals surface area contributed by atoms with Crippen LogP contribution in [-0.2, 0) is 6.54 Å². The van der Waals surface area contributed by atoms with Crippen molar-refractivity contribution in [2.75, 3.05) is 12.4 Å². The van der Waals surface area contributed by atoms with Crippen LogP contribution in [0.4, 0.5) is 10.1 Å². The van der Waals surface area contributed by atoms with Gasteiger partial charge >= 0.3 is 0 Å². The lowest BCUT2D eigenvalue weighted by Gasteiger charge is -2.09. The van der Waals surface area contributed by atoms with Crippen molar-refractivity contribution in [3.05, 3.63) is 57.3 Å². The first-order chi connectivity index (χ1) is 9.10. The highest BCUT2D eigenvalue weighted by Crippen LogP contribution is 2.26. The molecule has 2 aromatic rings. The molecule has 0 heterocycles. The standard InChI is InChI=1S/C14H12BrClFNO/c1-19-14-5-2-9(6-11(14)15)8-18-13-4-3-10(16)7-12(13)17/h2-7,18H,8H2,1H3. The summed E-state index contributed by atoms with van der Waals surface area (Å²) in [5, 5.41) is 3.41. The normalized spacial score (nSPS) is 10.3. The smallest absolute Gasteiger partial charge is 0.147 e. The molecule has 5 heteroatoms. The van der Waals surface area contributed by atoms with E-state index in [1.165, 1.54) is 6.07 Å². The number of ether oxygens (including phenoxy) is 1. The van der Waals surface area contributed by atoms with E-state index in [9.17, 15) is 4.39 Å². The Bertz CT molecular complexity index is 592. The summed E-state index contributed by atoms with van der Waals surface area (Å²) in [6.45, 7) is 0.515. The second-order valence-corrected chi connectivity index (χ2v) is 5.24. The fourth-order valence-electron chi connectivity index (χ4n) is 1.65. The molecule has 0 radical (unpaired) electrons. The van der Waals surface area contributed by atoms with Gasteiger partial charge in [-0.15, -0.1) is 0 Å². The first kappa shape index (κ1) is 14.2. The van der Waals surface area contributed by atoms with Gasteiger partial charge in [-0.25, -0.2) is 4.39 Å². The summed E-state index contributed by atoms with van der Waals surface area (Å²) in [6, 6.07) is 10.3. The van der Waals surface area contributed by atoms with Gasteiger partial charge < -0.3 is 10.1 Å². The van der Waals surface area contributed by atoms with Crippen LogP contribution in [0.25, 0.3) is 0 Å². The molecule has 0 amide bonds. The first-order valence-electron chi connectivity index (χ1n) is 5.61. The predicted octanol–water partition coefficient (Wildman–Crippen LogP) is 4.86. The van der Waals surface area contributed by atoms with Gasteiger partial charge in [0.15, 0.2) is 0 Å². The number of rotatable bonds is 4. The van der Waals surface area contributed by atoms with Crippen LogP contribution in [0.2, 0.25) is 5.02 Å². The zero-order valence-electron chi connectivity index (χ0n) is 10.2. The number of hydrogen-bond acceptors (Lipinski definition) is 2. The summed E-state index contributed by atoms with van der Waals surface area (Å²) in [4.78, 5) is 0. The third-order valence-electron chi connectivity index (χ3n) is 2.63. The summed E-state index contributed by atoms with van der Waals surface area (Å²) >= 11 is 9.11. The van der Waals surface area contributed by atoms with Gasteiger partial charge in [-0.1, -0.05) is 17.7 Å². The molecule has 1 N–H and O–H groups in total. The minimum Gasteiger partial charge on any atom is -0.496 e. The highest BCUT2D eigenvalue weighted by Gasteiger charge is 2.04. The van der Waals surface area contributed by atoms with E-state index in [1.807, 2.05) is 18.2 Å². The van der Waals surface area contributed by atoms with E-state index in [0.29, 0.717) is 17.3 Å². The van der Waals surface area contributed by atoms with E-state index in [2.05, 4.69) is 21.2 Å². The lowest BCUT2D eigenvalue weighted by atomic mass is 10.2. The second-order valence-electron chi connectivity index (χ2n) is 3.95. The second kappa shape index (κ2) is 6.26. The van der Waals surface area contributed by atoms with Crippen molar-refractivity contribution in [3.8, 4) is 5.75 Å². The Morgan fingerprint density at radius 1 is 1.26 bits per heavy atom. The molecule has 2 nitrogen and oxygen atoms in total. The molecule has 0 bridgehead atoms. The molecule has 0 atom stereocenters. The van der Waals surface area contributed by atoms with E-state index >= 15 is 0 Å². The number of nitrogens with one attached hydrogen (secondary N) is 1. The van der Waals surface area contributed by atoms with Gasteiger partial charge in [-0.2, -0.15) is 0 Å². The molecule has 19 heavy (non-hydrogen) atoms. The van der Waals surface area contributed by atoms with Crippen molar-refractivity contribution in [3.63, 3.8) is 0 Å². The molecule has 2 aromatic carbocycles. The van der Waals surface area contributed by atoms with Crippen LogP contribution in [0.5, 0.6) is 5.75 Å². The summed E-state index contributed by atoms with van der Waals surface area (Å²) in [5.41, 5.74) is 1.44. The molecule has 0 saturated carbocycles. The number of anilines is 1. The Balaban J connectivity index is 2.08. The van der Waals surface area contributed by atoms with E-state index < -0.39 is 0 Å². The fraction of sp³-hybridized carbons (Fsp3) is 0.143. The lowest BCUT2D eigenvalue weighted by Crippen LogP contribution is -2.01. The van der Waals surface area contributed by atoms with Crippen LogP contribution < -0.4 is 10.1 Å². The third kappa shape index (κ3) is 3.61. The van der Waals surface area contributed by atoms with Gasteiger partial charge in [0.25, 0.3) is 0 Å². The Hall–Kier alpha value is -1.26. The van der Waals surface area contributed by atoms with E-state index in [4.69, 9.17) is 16.3 Å². The highest BCUT2D eigenvalue weighted by atomic mass is 79.9. The summed E-state index contributed by atoms with van der Waals surface area (Å²) in [6.07, 6.45) is 0. The Labute approximate surface area is 124 Å². The maximum atomic E-state index is 13.6. The average molecular weight is 345 g/mol. The zero-order chi connectivity index (χ0) is 13.8. The average Bonchev–Trinajstić information content (AvgIpc) is 2.38. The highest BCUT2D eigenvalue weighted by molar-refractivity contribution is 9.10. The Morgan fingerprint density at radius 2 is 2.05 bits per heavy atom. The topological polar surface area (TPSA) is 21.3 Å². The van der Waals surface area contributed by atoms with Crippen LogP contribution in [-0.4, -0.2) is 7.11 Å². The largest absolute Gasteiger partial charge is 0.496 e. The Kier molecular flexibility index (Phi) is 4.66. The summed E-state index contributed by atoms with van der Waals surface area (Å²) in [7, 11) is 1.61. The van der Waals surface area contributed by atoms with Gasteiger partial charge in [0.2, 0.25) is 0 Å². The van der Waals surface area contributed by atoms with Crippen molar-refractivity contribution in [2.24, 2.45) is 0 Å². The SMILES string of the molecule is COc1ccc(CNc2ccc(Cl)cc2F)cc1Br. The molecule has 0 aliphatic rings. The lowest BCUT2D eigenvalue weighted by molar-refractivity contribution is 0.412. The minimum atomic E-state index is -0.361. The van der Waals surface area contributed by atoms with Gasteiger partial charge in [0.1, 0.15) is 11.6 Å². The van der Waals surface area contributed by atoms with Gasteiger partial charge in [0.05, 0.1) is 17.3 Å². The van der Waals surface area contributed by atoms with Gasteiger partial charge in [0, 0.05) is 11.6 Å². The molecule has 0 aromatic heterocycles. The van der Waals surface area contributed by atoms with Gasteiger partial charge in [-0.3, -0.25) is 0 Å². The summed E-state index contributed by atoms with van der Waals surface area (Å²) < 4.78 is 19.6. The van der Waals surface area contributed by atoms with Crippen molar-refractivity contribution >= 4 is 33.2 Å². The van der Waals surface area contributed by atoms with Crippen molar-refractivity contribution < 1.29 is 9.13 Å². The van der Waals surface area contributed by atoms with Crippen molar-refractivity contribution in [1.82, 2.24) is 0 Å². The molecule has 0 aliphatic carbocycles. The van der Waals surface area contributed by atoms with Crippen LogP contribution in [0.3, 0.4) is 0 Å². The predicted molar refractivity (Wildman–Crippen MR) is 79.4 cm³/mol. The molecule has 0 saturated heterocycles. The van der Waals surface area contributed by atoms with Crippen LogP contribution in [0, 0.1) is 5.82 Å². The van der Waals surface area contributed by atoms with Crippen LogP contribution in [0.1, 0.15) is 5.56 Å². The molecule has 0 spiro atoms. The molecular weight excluding hydrogens is 333 g/mol. The van der Waals surface area contributed by atoms with Crippen LogP contribution in [0.15, 0.2) is 40.9 Å². The van der Waals surface area contributed by atoms with Gasteiger partial charge in [-0.05, 0) is 51.8 Å². The maximum Gasteiger partial charge on any atom is 0.147 e. The molecule has 0 aliphatic heterocycles. The minimum absolute atomic E-state index is 0.361. The van der Waals surface area contributed by atoms with Crippen molar-refractivity contribution in [2.45, 2.75) is 6.54 Å². The molecule has 0 fully saturated rings. The summed E-state index contributed by atoms with van der Waals surface area (Å²) in [5.74, 6) is 0.404. The quantitative estimate of drug-likeness (QED) is 0.855. The van der Waals surface area contributed by atoms with E-state index in [-0.39, 0.29) is 5.82 Å². The molecule has 0 unspecified atom stereocenters. The van der Waals surface area contributed by atoms with E-state index in [1.54, 1.807) is 19.2 Å².